The van der Waals surface area contributed by atoms with Crippen molar-refractivity contribution in [1.82, 2.24) is 14.6 Å². The number of aliphatic hydroxyl groups excluding tert-OH is 1. The van der Waals surface area contributed by atoms with Crippen molar-refractivity contribution >= 4 is 21.4 Å². The summed E-state index contributed by atoms with van der Waals surface area (Å²) in [6.45, 7) is 2.99. The van der Waals surface area contributed by atoms with Gasteiger partial charge in [-0.15, -0.1) is 5.10 Å². The van der Waals surface area contributed by atoms with Crippen LogP contribution in [0.4, 0.5) is 5.13 Å². The average molecular weight is 346 g/mol. The van der Waals surface area contributed by atoms with Crippen LogP contribution in [0, 0.1) is 6.92 Å². The monoisotopic (exact) mass is 346 g/mol. The zero-order chi connectivity index (χ0) is 16.8. The van der Waals surface area contributed by atoms with Gasteiger partial charge in [0.15, 0.2) is 0 Å². The van der Waals surface area contributed by atoms with Crippen molar-refractivity contribution < 1.29 is 14.6 Å². The van der Waals surface area contributed by atoms with Crippen molar-refractivity contribution in [3.05, 3.63) is 35.2 Å². The Morgan fingerprint density at radius 2 is 2.00 bits per heavy atom. The van der Waals surface area contributed by atoms with Crippen molar-refractivity contribution in [2.75, 3.05) is 25.7 Å². The topological polar surface area (TPSA) is 72.1 Å². The van der Waals surface area contributed by atoms with Crippen molar-refractivity contribution in [2.24, 2.45) is 0 Å². The number of anilines is 1. The number of aliphatic hydroxyl groups is 1. The van der Waals surface area contributed by atoms with Crippen LogP contribution >= 0.6 is 11.3 Å². The van der Waals surface area contributed by atoms with E-state index >= 15 is 0 Å². The van der Waals surface area contributed by atoms with Crippen LogP contribution in [0.3, 0.4) is 0 Å². The third-order valence-electron chi connectivity index (χ3n) is 4.21. The molecular formula is C16H18N4O3S. The van der Waals surface area contributed by atoms with E-state index in [2.05, 4.69) is 10.1 Å². The summed E-state index contributed by atoms with van der Waals surface area (Å²) in [5, 5.41) is 16.1. The molecule has 0 amide bonds. The van der Waals surface area contributed by atoms with Gasteiger partial charge in [0.25, 0.3) is 0 Å². The largest absolute Gasteiger partial charge is 0.496 e. The van der Waals surface area contributed by atoms with Gasteiger partial charge >= 0.3 is 0 Å². The minimum atomic E-state index is -0.670. The van der Waals surface area contributed by atoms with Crippen LogP contribution in [0.25, 0.3) is 4.96 Å². The summed E-state index contributed by atoms with van der Waals surface area (Å²) < 4.78 is 12.7. The highest BCUT2D eigenvalue weighted by Crippen LogP contribution is 2.41. The Labute approximate surface area is 143 Å². The molecule has 0 saturated heterocycles. The molecule has 3 aromatic rings. The molecule has 8 heteroatoms. The van der Waals surface area contributed by atoms with Gasteiger partial charge in [0.2, 0.25) is 10.1 Å². The first-order chi connectivity index (χ1) is 11.6. The van der Waals surface area contributed by atoms with Crippen molar-refractivity contribution in [2.45, 2.75) is 19.6 Å². The van der Waals surface area contributed by atoms with Crippen LogP contribution in [0.1, 0.15) is 22.9 Å². The maximum atomic E-state index is 10.7. The molecular weight excluding hydrogens is 328 g/mol. The molecule has 1 aliphatic rings. The second kappa shape index (κ2) is 5.64. The van der Waals surface area contributed by atoms with E-state index in [0.717, 1.165) is 32.7 Å². The summed E-state index contributed by atoms with van der Waals surface area (Å²) in [7, 11) is 3.24. The molecule has 3 heterocycles. The Hall–Kier alpha value is -2.32. The number of hydrogen-bond donors (Lipinski definition) is 1. The van der Waals surface area contributed by atoms with Gasteiger partial charge in [-0.3, -0.25) is 0 Å². The molecule has 0 bridgehead atoms. The van der Waals surface area contributed by atoms with Crippen LogP contribution in [-0.4, -0.2) is 40.5 Å². The third kappa shape index (κ3) is 2.30. The maximum absolute atomic E-state index is 10.7. The molecule has 0 aliphatic carbocycles. The van der Waals surface area contributed by atoms with Crippen LogP contribution in [-0.2, 0) is 6.54 Å². The first-order valence-corrected chi connectivity index (χ1v) is 8.42. The first-order valence-electron chi connectivity index (χ1n) is 7.60. The lowest BCUT2D eigenvalue weighted by molar-refractivity contribution is 0.169. The zero-order valence-corrected chi connectivity index (χ0v) is 14.5. The van der Waals surface area contributed by atoms with Gasteiger partial charge in [0, 0.05) is 17.7 Å². The molecule has 7 nitrogen and oxygen atoms in total. The van der Waals surface area contributed by atoms with Gasteiger partial charge in [-0.1, -0.05) is 11.3 Å². The molecule has 0 radical (unpaired) electrons. The Bertz CT molecular complexity index is 873. The second-order valence-electron chi connectivity index (χ2n) is 5.75. The molecule has 1 aliphatic heterocycles. The summed E-state index contributed by atoms with van der Waals surface area (Å²) in [6.07, 6.45) is 1.23. The van der Waals surface area contributed by atoms with E-state index in [9.17, 15) is 5.11 Å². The average Bonchev–Trinajstić information content (AvgIpc) is 3.11. The minimum Gasteiger partial charge on any atom is -0.496 e. The van der Waals surface area contributed by atoms with Crippen molar-refractivity contribution in [3.8, 4) is 11.5 Å². The predicted molar refractivity (Wildman–Crippen MR) is 91.2 cm³/mol. The van der Waals surface area contributed by atoms with Crippen LogP contribution in [0.15, 0.2) is 18.3 Å². The lowest BCUT2D eigenvalue weighted by Gasteiger charge is -2.33. The van der Waals surface area contributed by atoms with E-state index in [-0.39, 0.29) is 0 Å². The number of hydrogen-bond acceptors (Lipinski definition) is 7. The lowest BCUT2D eigenvalue weighted by atomic mass is 9.95. The lowest BCUT2D eigenvalue weighted by Crippen LogP contribution is -2.34. The standard InChI is InChI=1S/C16H18N4O3S/c1-9-6-20-15(17-9)24-16(18-20)19-7-10-12(22-2)4-5-13(23-3)14(10)11(21)8-19/h4-6,11,21H,7-8H2,1-3H3/t11-/m0/s1. The fourth-order valence-electron chi connectivity index (χ4n) is 3.15. The predicted octanol–water partition coefficient (Wildman–Crippen LogP) is 2.17. The molecule has 126 valence electrons. The maximum Gasteiger partial charge on any atom is 0.214 e. The molecule has 0 spiro atoms. The van der Waals surface area contributed by atoms with E-state index in [1.165, 1.54) is 11.3 Å². The summed E-state index contributed by atoms with van der Waals surface area (Å²) in [5.74, 6) is 1.43. The van der Waals surface area contributed by atoms with Gasteiger partial charge < -0.3 is 19.5 Å². The molecule has 24 heavy (non-hydrogen) atoms. The number of ether oxygens (including phenoxy) is 2. The Morgan fingerprint density at radius 3 is 2.71 bits per heavy atom. The van der Waals surface area contributed by atoms with Crippen molar-refractivity contribution in [3.63, 3.8) is 0 Å². The Balaban J connectivity index is 1.75. The van der Waals surface area contributed by atoms with Gasteiger partial charge in [0.1, 0.15) is 17.6 Å². The fraction of sp³-hybridized carbons (Fsp3) is 0.375. The van der Waals surface area contributed by atoms with Gasteiger partial charge in [-0.25, -0.2) is 9.50 Å². The number of benzene rings is 1. The van der Waals surface area contributed by atoms with E-state index in [4.69, 9.17) is 9.47 Å². The molecule has 0 fully saturated rings. The van der Waals surface area contributed by atoms with Crippen LogP contribution in [0.2, 0.25) is 0 Å². The number of rotatable bonds is 3. The SMILES string of the molecule is COc1ccc(OC)c2c1CN(c1nn3cc(C)nc3s1)C[C@@H]2O. The molecule has 0 saturated carbocycles. The van der Waals surface area contributed by atoms with Crippen molar-refractivity contribution in [1.29, 1.82) is 0 Å². The summed E-state index contributed by atoms with van der Waals surface area (Å²) >= 11 is 1.51. The molecule has 1 atom stereocenters. The number of fused-ring (bicyclic) bond motifs is 2. The summed E-state index contributed by atoms with van der Waals surface area (Å²) in [5.41, 5.74) is 2.67. The molecule has 0 unspecified atom stereocenters. The number of β-amino-alcohol motifs (C(OH)–C–C–N with tert-alkyl or cyclic N) is 1. The Kier molecular flexibility index (Phi) is 3.58. The number of nitrogens with zero attached hydrogens (tertiary/aromatic N) is 4. The van der Waals surface area contributed by atoms with Gasteiger partial charge in [-0.05, 0) is 19.1 Å². The first kappa shape index (κ1) is 15.2. The quantitative estimate of drug-likeness (QED) is 0.784. The van der Waals surface area contributed by atoms with Crippen LogP contribution in [0.5, 0.6) is 11.5 Å². The number of aromatic nitrogens is 3. The highest BCUT2D eigenvalue weighted by Gasteiger charge is 2.31. The highest BCUT2D eigenvalue weighted by atomic mass is 32.1. The van der Waals surface area contributed by atoms with E-state index in [1.54, 1.807) is 18.7 Å². The molecule has 2 aromatic heterocycles. The molecule has 4 rings (SSSR count). The van der Waals surface area contributed by atoms with E-state index in [1.807, 2.05) is 30.2 Å². The Morgan fingerprint density at radius 1 is 1.25 bits per heavy atom. The molecule has 1 aromatic carbocycles. The smallest absolute Gasteiger partial charge is 0.214 e. The normalized spacial score (nSPS) is 17.2. The van der Waals surface area contributed by atoms with Gasteiger partial charge in [0.05, 0.1) is 32.7 Å². The summed E-state index contributed by atoms with van der Waals surface area (Å²) in [4.78, 5) is 7.33. The number of methoxy groups -OCH3 is 2. The molecule has 1 N–H and O–H groups in total. The highest BCUT2D eigenvalue weighted by molar-refractivity contribution is 7.20. The van der Waals surface area contributed by atoms with E-state index < -0.39 is 6.10 Å². The van der Waals surface area contributed by atoms with Gasteiger partial charge in [-0.2, -0.15) is 0 Å². The summed E-state index contributed by atoms with van der Waals surface area (Å²) in [6, 6.07) is 3.70. The number of imidazole rings is 1. The number of aryl methyl sites for hydroxylation is 1. The second-order valence-corrected chi connectivity index (χ2v) is 6.69. The van der Waals surface area contributed by atoms with Crippen LogP contribution < -0.4 is 14.4 Å². The van der Waals surface area contributed by atoms with E-state index in [0.29, 0.717) is 18.8 Å². The zero-order valence-electron chi connectivity index (χ0n) is 13.7. The minimum absolute atomic E-state index is 0.451. The fourth-order valence-corrected chi connectivity index (χ4v) is 4.09. The third-order valence-corrected chi connectivity index (χ3v) is 5.20.